The largest absolute Gasteiger partial charge is 0.354 e. The fourth-order valence-corrected chi connectivity index (χ4v) is 3.36. The zero-order chi connectivity index (χ0) is 14.8. The molecule has 3 atom stereocenters. The van der Waals surface area contributed by atoms with Crippen LogP contribution in [0.3, 0.4) is 0 Å². The summed E-state index contributed by atoms with van der Waals surface area (Å²) in [6.07, 6.45) is 3.58. The number of hydrogen-bond donors (Lipinski definition) is 2. The molecule has 0 unspecified atom stereocenters. The number of hydrogen-bond acceptors (Lipinski definition) is 2. The van der Waals surface area contributed by atoms with Crippen molar-refractivity contribution >= 4 is 27.7 Å². The number of rotatable bonds is 3. The van der Waals surface area contributed by atoms with Gasteiger partial charge in [-0.2, -0.15) is 0 Å². The van der Waals surface area contributed by atoms with Gasteiger partial charge in [0.1, 0.15) is 6.04 Å². The summed E-state index contributed by atoms with van der Waals surface area (Å²) in [6.45, 7) is 0.718. The third-order valence-electron chi connectivity index (χ3n) is 4.26. The van der Waals surface area contributed by atoms with Crippen LogP contribution in [0.25, 0.3) is 0 Å². The molecule has 0 bridgehead atoms. The van der Waals surface area contributed by atoms with Crippen LogP contribution in [0, 0.1) is 5.92 Å². The van der Waals surface area contributed by atoms with Crippen LogP contribution in [0.5, 0.6) is 0 Å². The van der Waals surface area contributed by atoms with Crippen molar-refractivity contribution in [1.29, 1.82) is 0 Å². The van der Waals surface area contributed by atoms with E-state index in [0.29, 0.717) is 0 Å². The van der Waals surface area contributed by atoms with Gasteiger partial charge in [-0.3, -0.25) is 9.59 Å². The molecule has 3 rings (SSSR count). The number of amides is 2. The van der Waals surface area contributed by atoms with Crippen molar-refractivity contribution in [3.63, 3.8) is 0 Å². The van der Waals surface area contributed by atoms with Crippen molar-refractivity contribution in [2.24, 2.45) is 5.92 Å². The minimum Gasteiger partial charge on any atom is -0.354 e. The highest BCUT2D eigenvalue weighted by molar-refractivity contribution is 9.10. The second-order valence-electron chi connectivity index (χ2n) is 5.85. The SMILES string of the molecule is O=C1NCCCC[C@@H]1NC(=O)[C@@H]1C[C@H]1c1cccc(Br)c1. The Morgan fingerprint density at radius 1 is 1.33 bits per heavy atom. The minimum absolute atomic E-state index is 0.00959. The van der Waals surface area contributed by atoms with E-state index in [1.54, 1.807) is 0 Å². The lowest BCUT2D eigenvalue weighted by Crippen LogP contribution is -2.46. The molecule has 2 aliphatic rings. The number of carbonyl (C=O) groups is 2. The van der Waals surface area contributed by atoms with Gasteiger partial charge in [0.05, 0.1) is 0 Å². The van der Waals surface area contributed by atoms with Crippen LogP contribution in [0.15, 0.2) is 28.7 Å². The Balaban J connectivity index is 1.58. The van der Waals surface area contributed by atoms with E-state index in [1.807, 2.05) is 12.1 Å². The zero-order valence-corrected chi connectivity index (χ0v) is 13.4. The first-order valence-electron chi connectivity index (χ1n) is 7.48. The number of carbonyl (C=O) groups excluding carboxylic acids is 2. The van der Waals surface area contributed by atoms with E-state index in [1.165, 1.54) is 5.56 Å². The molecular weight excluding hydrogens is 332 g/mol. The average molecular weight is 351 g/mol. The first kappa shape index (κ1) is 14.6. The molecule has 21 heavy (non-hydrogen) atoms. The molecule has 1 aliphatic heterocycles. The molecule has 4 nitrogen and oxygen atoms in total. The van der Waals surface area contributed by atoms with Gasteiger partial charge >= 0.3 is 0 Å². The van der Waals surface area contributed by atoms with E-state index in [-0.39, 0.29) is 29.7 Å². The fourth-order valence-electron chi connectivity index (χ4n) is 2.95. The summed E-state index contributed by atoms with van der Waals surface area (Å²) < 4.78 is 1.04. The molecule has 5 heteroatoms. The molecule has 2 amide bonds. The summed E-state index contributed by atoms with van der Waals surface area (Å²) in [5, 5.41) is 5.77. The van der Waals surface area contributed by atoms with Crippen LogP contribution in [-0.2, 0) is 9.59 Å². The van der Waals surface area contributed by atoms with E-state index in [0.717, 1.165) is 36.7 Å². The Hall–Kier alpha value is -1.36. The molecule has 1 aromatic rings. The third-order valence-corrected chi connectivity index (χ3v) is 4.75. The van der Waals surface area contributed by atoms with Gasteiger partial charge in [0.15, 0.2) is 0 Å². The maximum Gasteiger partial charge on any atom is 0.242 e. The lowest BCUT2D eigenvalue weighted by molar-refractivity contribution is -0.129. The molecule has 1 aliphatic carbocycles. The topological polar surface area (TPSA) is 58.2 Å². The van der Waals surface area contributed by atoms with Gasteiger partial charge in [-0.05, 0) is 49.3 Å². The molecule has 1 heterocycles. The molecular formula is C16H19BrN2O2. The van der Waals surface area contributed by atoms with Crippen LogP contribution in [0.2, 0.25) is 0 Å². The highest BCUT2D eigenvalue weighted by Crippen LogP contribution is 2.48. The predicted molar refractivity (Wildman–Crippen MR) is 83.8 cm³/mol. The molecule has 1 aromatic carbocycles. The highest BCUT2D eigenvalue weighted by atomic mass is 79.9. The summed E-state index contributed by atoms with van der Waals surface area (Å²) in [5.74, 6) is 0.272. The quantitative estimate of drug-likeness (QED) is 0.878. The van der Waals surface area contributed by atoms with Gasteiger partial charge in [-0.15, -0.1) is 0 Å². The van der Waals surface area contributed by atoms with Crippen LogP contribution in [0.1, 0.15) is 37.2 Å². The van der Waals surface area contributed by atoms with Crippen LogP contribution < -0.4 is 10.6 Å². The molecule has 0 radical (unpaired) electrons. The first-order valence-corrected chi connectivity index (χ1v) is 8.28. The second-order valence-corrected chi connectivity index (χ2v) is 6.77. The first-order chi connectivity index (χ1) is 10.1. The zero-order valence-electron chi connectivity index (χ0n) is 11.8. The van der Waals surface area contributed by atoms with E-state index in [4.69, 9.17) is 0 Å². The van der Waals surface area contributed by atoms with Gasteiger partial charge in [-0.1, -0.05) is 28.1 Å². The summed E-state index contributed by atoms with van der Waals surface area (Å²) in [6, 6.07) is 7.74. The van der Waals surface area contributed by atoms with Crippen molar-refractivity contribution in [2.75, 3.05) is 6.54 Å². The maximum absolute atomic E-state index is 12.3. The summed E-state index contributed by atoms with van der Waals surface area (Å²) in [5.41, 5.74) is 1.19. The molecule has 112 valence electrons. The molecule has 1 saturated carbocycles. The monoisotopic (exact) mass is 350 g/mol. The lowest BCUT2D eigenvalue weighted by Gasteiger charge is -2.15. The lowest BCUT2D eigenvalue weighted by atomic mass is 10.1. The number of halogens is 1. The second kappa shape index (κ2) is 6.18. The van der Waals surface area contributed by atoms with Gasteiger partial charge in [-0.25, -0.2) is 0 Å². The summed E-state index contributed by atoms with van der Waals surface area (Å²) >= 11 is 3.46. The van der Waals surface area contributed by atoms with Gasteiger partial charge in [0, 0.05) is 16.9 Å². The Bertz CT molecular complexity index is 561. The van der Waals surface area contributed by atoms with Crippen LogP contribution >= 0.6 is 15.9 Å². The van der Waals surface area contributed by atoms with Crippen LogP contribution in [-0.4, -0.2) is 24.4 Å². The van der Waals surface area contributed by atoms with Gasteiger partial charge in [0.2, 0.25) is 11.8 Å². The minimum atomic E-state index is -0.358. The molecule has 0 aromatic heterocycles. The summed E-state index contributed by atoms with van der Waals surface area (Å²) in [7, 11) is 0. The molecule has 0 spiro atoms. The molecule has 2 N–H and O–H groups in total. The Morgan fingerprint density at radius 2 is 2.19 bits per heavy atom. The smallest absolute Gasteiger partial charge is 0.242 e. The Labute approximate surface area is 132 Å². The third kappa shape index (κ3) is 3.46. The van der Waals surface area contributed by atoms with E-state index < -0.39 is 0 Å². The predicted octanol–water partition coefficient (Wildman–Crippen LogP) is 2.34. The average Bonchev–Trinajstić information content (AvgIpc) is 3.26. The standard InChI is InChI=1S/C16H19BrN2O2/c17-11-5-3-4-10(8-11)12-9-13(12)15(20)19-14-6-1-2-7-18-16(14)21/h3-5,8,12-14H,1-2,6-7,9H2,(H,18,21)(H,19,20)/t12-,13+,14-/m0/s1. The Morgan fingerprint density at radius 3 is 3.00 bits per heavy atom. The Kier molecular flexibility index (Phi) is 4.29. The number of nitrogens with one attached hydrogen (secondary N) is 2. The van der Waals surface area contributed by atoms with Crippen LogP contribution in [0.4, 0.5) is 0 Å². The van der Waals surface area contributed by atoms with Crippen molar-refractivity contribution in [1.82, 2.24) is 10.6 Å². The van der Waals surface area contributed by atoms with Gasteiger partial charge in [0.25, 0.3) is 0 Å². The highest BCUT2D eigenvalue weighted by Gasteiger charge is 2.44. The fraction of sp³-hybridized carbons (Fsp3) is 0.500. The van der Waals surface area contributed by atoms with Crippen molar-refractivity contribution in [3.05, 3.63) is 34.3 Å². The van der Waals surface area contributed by atoms with Crippen molar-refractivity contribution in [2.45, 2.75) is 37.6 Å². The van der Waals surface area contributed by atoms with E-state index >= 15 is 0 Å². The number of benzene rings is 1. The molecule has 2 fully saturated rings. The normalized spacial score (nSPS) is 28.4. The van der Waals surface area contributed by atoms with E-state index in [2.05, 4.69) is 38.7 Å². The van der Waals surface area contributed by atoms with Gasteiger partial charge < -0.3 is 10.6 Å². The maximum atomic E-state index is 12.3. The van der Waals surface area contributed by atoms with E-state index in [9.17, 15) is 9.59 Å². The summed E-state index contributed by atoms with van der Waals surface area (Å²) in [4.78, 5) is 24.2. The van der Waals surface area contributed by atoms with Crippen molar-refractivity contribution < 1.29 is 9.59 Å². The molecule has 1 saturated heterocycles. The van der Waals surface area contributed by atoms with Crippen molar-refractivity contribution in [3.8, 4) is 0 Å².